The lowest BCUT2D eigenvalue weighted by molar-refractivity contribution is -0.125. The highest BCUT2D eigenvalue weighted by molar-refractivity contribution is 9.10. The zero-order chi connectivity index (χ0) is 35.8. The van der Waals surface area contributed by atoms with E-state index in [1.807, 2.05) is 19.2 Å². The lowest BCUT2D eigenvalue weighted by Crippen LogP contribution is -2.67. The van der Waals surface area contributed by atoms with Crippen LogP contribution < -0.4 is 16.1 Å². The number of primary amides is 1. The number of amides is 1. The van der Waals surface area contributed by atoms with Crippen molar-refractivity contribution < 1.29 is 14.0 Å². The third-order valence-electron chi connectivity index (χ3n) is 10.5. The van der Waals surface area contributed by atoms with Gasteiger partial charge in [-0.1, -0.05) is 111 Å². The van der Waals surface area contributed by atoms with Crippen LogP contribution >= 0.6 is 15.9 Å². The van der Waals surface area contributed by atoms with Crippen molar-refractivity contribution in [3.63, 3.8) is 0 Å². The van der Waals surface area contributed by atoms with Gasteiger partial charge in [-0.3, -0.25) is 9.78 Å². The standard InChI is InChI=1S/C42H50BrN3O3Si/c1-28(48-7)38-34(19-14-22-45-38)39-36(35-25-30(43)20-21-37(35)46(39)31-23-29(24-31)40(44)47)26-42(5,6)27-49-50(41(2,3)4,32-15-10-8-11-16-32)33-17-12-9-13-18-33/h8-22,25,28-29,31H,23-24,26-27H2,1-7H3,(H2,44,47)/t28-,29?,31?/m0/s1. The molecule has 6 nitrogen and oxygen atoms in total. The van der Waals surface area contributed by atoms with Crippen molar-refractivity contribution in [3.05, 3.63) is 113 Å². The molecule has 8 heteroatoms. The molecular weight excluding hydrogens is 702 g/mol. The Bertz CT molecular complexity index is 1920. The molecule has 0 bridgehead atoms. The van der Waals surface area contributed by atoms with E-state index in [-0.39, 0.29) is 34.4 Å². The van der Waals surface area contributed by atoms with Crippen LogP contribution in [0.4, 0.5) is 0 Å². The summed E-state index contributed by atoms with van der Waals surface area (Å²) in [7, 11) is -1.03. The second-order valence-electron chi connectivity index (χ2n) is 15.7. The minimum Gasteiger partial charge on any atom is -0.407 e. The molecule has 5 aromatic rings. The molecule has 6 rings (SSSR count). The van der Waals surface area contributed by atoms with Gasteiger partial charge in [0.1, 0.15) is 0 Å². The Morgan fingerprint density at radius 1 is 0.960 bits per heavy atom. The zero-order valence-electron chi connectivity index (χ0n) is 30.4. The molecule has 1 fully saturated rings. The molecule has 1 atom stereocenters. The van der Waals surface area contributed by atoms with Crippen molar-refractivity contribution in [2.75, 3.05) is 13.7 Å². The van der Waals surface area contributed by atoms with Crippen LogP contribution in [0.3, 0.4) is 0 Å². The smallest absolute Gasteiger partial charge is 0.261 e. The molecule has 1 aliphatic carbocycles. The molecular formula is C42H50BrN3O3Si. The second kappa shape index (κ2) is 14.2. The molecule has 0 radical (unpaired) electrons. The number of ether oxygens (including phenoxy) is 1. The van der Waals surface area contributed by atoms with Crippen molar-refractivity contribution in [3.8, 4) is 11.3 Å². The van der Waals surface area contributed by atoms with Gasteiger partial charge in [0.05, 0.1) is 17.5 Å². The summed E-state index contributed by atoms with van der Waals surface area (Å²) in [5, 5.41) is 3.62. The summed E-state index contributed by atoms with van der Waals surface area (Å²) in [4.78, 5) is 17.1. The normalized spacial score (nSPS) is 17.4. The van der Waals surface area contributed by atoms with Gasteiger partial charge in [0.15, 0.2) is 0 Å². The van der Waals surface area contributed by atoms with Crippen LogP contribution in [0.25, 0.3) is 22.2 Å². The monoisotopic (exact) mass is 751 g/mol. The largest absolute Gasteiger partial charge is 0.407 e. The van der Waals surface area contributed by atoms with Gasteiger partial charge in [0.2, 0.25) is 5.91 Å². The highest BCUT2D eigenvalue weighted by atomic mass is 79.9. The van der Waals surface area contributed by atoms with E-state index >= 15 is 0 Å². The number of carbonyl (C=O) groups is 1. The Kier molecular flexibility index (Phi) is 10.3. The Morgan fingerprint density at radius 3 is 2.14 bits per heavy atom. The molecule has 0 saturated heterocycles. The average Bonchev–Trinajstić information content (AvgIpc) is 3.35. The number of halogens is 1. The molecule has 1 amide bonds. The van der Waals surface area contributed by atoms with E-state index in [4.69, 9.17) is 19.9 Å². The van der Waals surface area contributed by atoms with Gasteiger partial charge in [-0.15, -0.1) is 0 Å². The van der Waals surface area contributed by atoms with Gasteiger partial charge in [-0.2, -0.15) is 0 Å². The number of hydrogen-bond donors (Lipinski definition) is 1. The molecule has 0 unspecified atom stereocenters. The maximum absolute atomic E-state index is 12.2. The van der Waals surface area contributed by atoms with Crippen molar-refractivity contribution in [1.82, 2.24) is 9.55 Å². The fraction of sp³-hybridized carbons (Fsp3) is 0.381. The Morgan fingerprint density at radius 2 is 1.58 bits per heavy atom. The fourth-order valence-corrected chi connectivity index (χ4v) is 13.0. The molecule has 2 N–H and O–H groups in total. The maximum atomic E-state index is 12.2. The van der Waals surface area contributed by atoms with Crippen molar-refractivity contribution in [2.24, 2.45) is 17.1 Å². The molecule has 0 aliphatic heterocycles. The highest BCUT2D eigenvalue weighted by Crippen LogP contribution is 2.48. The van der Waals surface area contributed by atoms with Crippen LogP contribution in [0.15, 0.2) is 102 Å². The molecule has 1 aliphatic rings. The number of rotatable bonds is 12. The molecule has 0 spiro atoms. The SMILES string of the molecule is CO[C@@H](C)c1ncccc1-c1c(CC(C)(C)CO[Si](c2ccccc2)(c2ccccc2)C(C)(C)C)c2cc(Br)ccc2n1C1CC(C(N)=O)C1. The van der Waals surface area contributed by atoms with Crippen LogP contribution in [0.5, 0.6) is 0 Å². The Balaban J connectivity index is 1.50. The summed E-state index contributed by atoms with van der Waals surface area (Å²) in [6.07, 6.45) is 3.84. The number of carbonyl (C=O) groups excluding carboxylic acids is 1. The van der Waals surface area contributed by atoms with Crippen molar-refractivity contribution in [1.29, 1.82) is 0 Å². The summed E-state index contributed by atoms with van der Waals surface area (Å²) < 4.78 is 16.9. The van der Waals surface area contributed by atoms with Crippen LogP contribution in [0.1, 0.15) is 77.8 Å². The molecule has 1 saturated carbocycles. The maximum Gasteiger partial charge on any atom is 0.261 e. The predicted molar refractivity (Wildman–Crippen MR) is 210 cm³/mol. The average molecular weight is 753 g/mol. The quantitative estimate of drug-likeness (QED) is 0.129. The van der Waals surface area contributed by atoms with Crippen molar-refractivity contribution in [2.45, 2.75) is 78.0 Å². The Labute approximate surface area is 306 Å². The molecule has 2 heterocycles. The van der Waals surface area contributed by atoms with Crippen LogP contribution in [0, 0.1) is 11.3 Å². The fourth-order valence-electron chi connectivity index (χ4n) is 7.88. The minimum atomic E-state index is -2.76. The van der Waals surface area contributed by atoms with Gasteiger partial charge < -0.3 is 19.5 Å². The number of benzene rings is 3. The number of nitrogens with zero attached hydrogens (tertiary/aromatic N) is 2. The van der Waals surface area contributed by atoms with E-state index < -0.39 is 8.32 Å². The summed E-state index contributed by atoms with van der Waals surface area (Å²) in [5.41, 5.74) is 11.0. The van der Waals surface area contributed by atoms with E-state index in [0.29, 0.717) is 6.61 Å². The van der Waals surface area contributed by atoms with E-state index in [1.165, 1.54) is 21.3 Å². The lowest BCUT2D eigenvalue weighted by atomic mass is 9.79. The molecule has 262 valence electrons. The van der Waals surface area contributed by atoms with Crippen LogP contribution in [-0.2, 0) is 20.4 Å². The minimum absolute atomic E-state index is 0.119. The summed E-state index contributed by atoms with van der Waals surface area (Å²) in [6.45, 7) is 14.2. The number of pyridine rings is 1. The first-order valence-electron chi connectivity index (χ1n) is 17.6. The zero-order valence-corrected chi connectivity index (χ0v) is 33.0. The van der Waals surface area contributed by atoms with Gasteiger partial charge in [0.25, 0.3) is 8.32 Å². The topological polar surface area (TPSA) is 79.4 Å². The lowest BCUT2D eigenvalue weighted by Gasteiger charge is -2.44. The molecule has 3 aromatic carbocycles. The van der Waals surface area contributed by atoms with E-state index in [9.17, 15) is 4.79 Å². The second-order valence-corrected chi connectivity index (χ2v) is 20.9. The molecule has 2 aromatic heterocycles. The third-order valence-corrected chi connectivity index (χ3v) is 16.0. The first-order valence-corrected chi connectivity index (χ1v) is 20.3. The number of aromatic nitrogens is 2. The number of nitrogens with two attached hydrogens (primary N) is 1. The van der Waals surface area contributed by atoms with Crippen molar-refractivity contribution >= 4 is 51.4 Å². The van der Waals surface area contributed by atoms with E-state index in [1.54, 1.807) is 7.11 Å². The van der Waals surface area contributed by atoms with Gasteiger partial charge >= 0.3 is 0 Å². The first-order chi connectivity index (χ1) is 23.8. The summed E-state index contributed by atoms with van der Waals surface area (Å²) in [5.74, 6) is -0.342. The predicted octanol–water partition coefficient (Wildman–Crippen LogP) is 8.75. The first kappa shape index (κ1) is 36.2. The number of methoxy groups -OCH3 is 1. The van der Waals surface area contributed by atoms with Crippen LogP contribution in [0.2, 0.25) is 5.04 Å². The van der Waals surface area contributed by atoms with Crippen LogP contribution in [-0.4, -0.2) is 37.5 Å². The number of fused-ring (bicyclic) bond motifs is 1. The molecule has 50 heavy (non-hydrogen) atoms. The number of hydrogen-bond acceptors (Lipinski definition) is 4. The van der Waals surface area contributed by atoms with Gasteiger partial charge in [-0.25, -0.2) is 0 Å². The highest BCUT2D eigenvalue weighted by Gasteiger charge is 2.51. The van der Waals surface area contributed by atoms with Gasteiger partial charge in [0, 0.05) is 52.8 Å². The van der Waals surface area contributed by atoms with E-state index in [0.717, 1.165) is 46.2 Å². The van der Waals surface area contributed by atoms with E-state index in [2.05, 4.69) is 140 Å². The van der Waals surface area contributed by atoms with Gasteiger partial charge in [-0.05, 0) is 82.9 Å². The summed E-state index contributed by atoms with van der Waals surface area (Å²) >= 11 is 3.79. The Hall–Kier alpha value is -3.56. The summed E-state index contributed by atoms with van der Waals surface area (Å²) in [6, 6.07) is 32.6. The third kappa shape index (κ3) is 6.75.